The molecule has 3 aromatic rings. The van der Waals surface area contributed by atoms with Crippen molar-refractivity contribution in [2.24, 2.45) is 17.8 Å². The predicted octanol–water partition coefficient (Wildman–Crippen LogP) is 4.20. The Balaban J connectivity index is 1.40. The van der Waals surface area contributed by atoms with Crippen molar-refractivity contribution in [1.82, 2.24) is 24.6 Å². The van der Waals surface area contributed by atoms with Crippen molar-refractivity contribution in [3.05, 3.63) is 41.7 Å². The molecule has 5 rings (SSSR count). The summed E-state index contributed by atoms with van der Waals surface area (Å²) in [6.45, 7) is 2.56. The zero-order chi connectivity index (χ0) is 24.0. The summed E-state index contributed by atoms with van der Waals surface area (Å²) in [5.74, 6) is 1.87. The second-order valence-electron chi connectivity index (χ2n) is 8.93. The number of alkyl halides is 5. The molecule has 3 aromatic heterocycles. The Bertz CT molecular complexity index is 1170. The van der Waals surface area contributed by atoms with Gasteiger partial charge >= 0.3 is 6.18 Å². The molecule has 7 nitrogen and oxygen atoms in total. The highest BCUT2D eigenvalue weighted by Gasteiger charge is 2.43. The maximum atomic E-state index is 13.5. The van der Waals surface area contributed by atoms with Gasteiger partial charge in [-0.2, -0.15) is 18.3 Å². The number of hydrogen-bond donors (Lipinski definition) is 0. The van der Waals surface area contributed by atoms with Gasteiger partial charge in [-0.15, -0.1) is 0 Å². The minimum atomic E-state index is -4.68. The minimum absolute atomic E-state index is 0.149. The molecule has 34 heavy (non-hydrogen) atoms. The quantitative estimate of drug-likeness (QED) is 0.491. The highest BCUT2D eigenvalue weighted by Crippen LogP contribution is 2.44. The van der Waals surface area contributed by atoms with Gasteiger partial charge in [-0.3, -0.25) is 0 Å². The molecule has 0 amide bonds. The lowest BCUT2D eigenvalue weighted by Gasteiger charge is -2.38. The molecule has 1 saturated carbocycles. The molecule has 1 unspecified atom stereocenters. The van der Waals surface area contributed by atoms with E-state index < -0.39 is 24.9 Å². The Morgan fingerprint density at radius 1 is 1.12 bits per heavy atom. The molecule has 0 N–H and O–H groups in total. The van der Waals surface area contributed by atoms with E-state index in [4.69, 9.17) is 4.74 Å². The average molecular weight is 482 g/mol. The fourth-order valence-electron chi connectivity index (χ4n) is 5.23. The first-order valence-electron chi connectivity index (χ1n) is 11.1. The average Bonchev–Trinajstić information content (AvgIpc) is 3.28. The third kappa shape index (κ3) is 4.37. The number of aromatic nitrogens is 5. The van der Waals surface area contributed by atoms with Gasteiger partial charge in [0.15, 0.2) is 17.2 Å². The number of hydrogen-bond acceptors (Lipinski definition) is 6. The molecule has 0 radical (unpaired) electrons. The van der Waals surface area contributed by atoms with Crippen LogP contribution in [0.3, 0.4) is 0 Å². The molecule has 2 bridgehead atoms. The summed E-state index contributed by atoms with van der Waals surface area (Å²) < 4.78 is 71.5. The van der Waals surface area contributed by atoms with Gasteiger partial charge in [-0.1, -0.05) is 0 Å². The van der Waals surface area contributed by atoms with Crippen LogP contribution >= 0.6 is 0 Å². The van der Waals surface area contributed by atoms with E-state index in [2.05, 4.69) is 25.0 Å². The van der Waals surface area contributed by atoms with Gasteiger partial charge in [0.05, 0.1) is 0 Å². The van der Waals surface area contributed by atoms with Crippen molar-refractivity contribution in [2.45, 2.75) is 38.8 Å². The summed E-state index contributed by atoms with van der Waals surface area (Å²) in [6, 6.07) is 3.74. The first-order chi connectivity index (χ1) is 16.2. The number of aryl methyl sites for hydroxylation is 1. The molecule has 182 valence electrons. The van der Waals surface area contributed by atoms with Crippen LogP contribution in [0.15, 0.2) is 24.5 Å². The molecule has 2 aliphatic rings. The Hall–Kier alpha value is -3.05. The summed E-state index contributed by atoms with van der Waals surface area (Å²) >= 11 is 0. The first kappa shape index (κ1) is 22.7. The van der Waals surface area contributed by atoms with Crippen molar-refractivity contribution in [2.75, 3.05) is 24.6 Å². The number of anilines is 1. The molecule has 0 aromatic carbocycles. The normalized spacial score (nSPS) is 22.7. The number of piperidine rings is 1. The van der Waals surface area contributed by atoms with Crippen LogP contribution in [0.1, 0.15) is 30.1 Å². The van der Waals surface area contributed by atoms with E-state index in [1.54, 1.807) is 6.33 Å². The molecule has 12 heteroatoms. The molecule has 2 fully saturated rings. The molecule has 0 spiro atoms. The van der Waals surface area contributed by atoms with E-state index >= 15 is 0 Å². The summed E-state index contributed by atoms with van der Waals surface area (Å²) in [6.07, 6.45) is -3.45. The Morgan fingerprint density at radius 3 is 2.50 bits per heavy atom. The number of rotatable bonds is 6. The molecule has 1 aliphatic heterocycles. The first-order valence-corrected chi connectivity index (χ1v) is 11.1. The lowest BCUT2D eigenvalue weighted by Crippen LogP contribution is -2.43. The highest BCUT2D eigenvalue weighted by atomic mass is 19.4. The van der Waals surface area contributed by atoms with E-state index in [0.717, 1.165) is 49.6 Å². The van der Waals surface area contributed by atoms with Gasteiger partial charge in [0.1, 0.15) is 24.4 Å². The van der Waals surface area contributed by atoms with Crippen LogP contribution in [0.2, 0.25) is 0 Å². The lowest BCUT2D eigenvalue weighted by atomic mass is 9.82. The van der Waals surface area contributed by atoms with Gasteiger partial charge in [0.25, 0.3) is 6.43 Å². The second kappa shape index (κ2) is 8.62. The van der Waals surface area contributed by atoms with Crippen LogP contribution in [0.5, 0.6) is 5.75 Å². The van der Waals surface area contributed by atoms with Gasteiger partial charge in [0, 0.05) is 31.3 Å². The van der Waals surface area contributed by atoms with Crippen molar-refractivity contribution in [3.8, 4) is 5.75 Å². The number of halogens is 5. The van der Waals surface area contributed by atoms with Crippen molar-refractivity contribution in [1.29, 1.82) is 0 Å². The third-order valence-corrected chi connectivity index (χ3v) is 6.71. The van der Waals surface area contributed by atoms with E-state index in [1.807, 2.05) is 13.0 Å². The summed E-state index contributed by atoms with van der Waals surface area (Å²) in [5.41, 5.74) is -0.340. The van der Waals surface area contributed by atoms with Crippen LogP contribution in [-0.4, -0.2) is 50.7 Å². The van der Waals surface area contributed by atoms with Crippen LogP contribution in [0.25, 0.3) is 5.65 Å². The summed E-state index contributed by atoms with van der Waals surface area (Å²) in [5, 5.41) is 4.13. The summed E-state index contributed by atoms with van der Waals surface area (Å²) in [4.78, 5) is 15.1. The molecule has 4 heterocycles. The lowest BCUT2D eigenvalue weighted by molar-refractivity contribution is -0.142. The largest absolute Gasteiger partial charge is 0.484 e. The maximum absolute atomic E-state index is 13.5. The van der Waals surface area contributed by atoms with Crippen LogP contribution in [0, 0.1) is 24.7 Å². The van der Waals surface area contributed by atoms with E-state index in [0.29, 0.717) is 22.8 Å². The second-order valence-corrected chi connectivity index (χ2v) is 8.93. The van der Waals surface area contributed by atoms with Crippen LogP contribution in [0.4, 0.5) is 27.8 Å². The zero-order valence-corrected chi connectivity index (χ0v) is 18.3. The van der Waals surface area contributed by atoms with Crippen LogP contribution in [-0.2, 0) is 12.6 Å². The topological polar surface area (TPSA) is 68.4 Å². The smallest absolute Gasteiger partial charge is 0.433 e. The van der Waals surface area contributed by atoms with E-state index in [-0.39, 0.29) is 23.1 Å². The van der Waals surface area contributed by atoms with E-state index in [1.165, 1.54) is 0 Å². The third-order valence-electron chi connectivity index (χ3n) is 6.71. The Kier molecular flexibility index (Phi) is 5.76. The fourth-order valence-corrected chi connectivity index (χ4v) is 5.23. The van der Waals surface area contributed by atoms with Crippen molar-refractivity contribution >= 4 is 11.5 Å². The standard InChI is InChI=1S/C22H23F5N6O/c1-12-6-20(29-11-28-12)32-8-13-2-3-14(9-32)15(13)7-19-30-21-16(34-10-18(23)24)4-5-17(22(25,26)27)33(21)31-19/h4-6,11,13-15,18H,2-3,7-10H2,1H3/t13-,14+,15?. The minimum Gasteiger partial charge on any atom is -0.484 e. The van der Waals surface area contributed by atoms with Crippen molar-refractivity contribution < 1.29 is 26.7 Å². The van der Waals surface area contributed by atoms with Crippen molar-refractivity contribution in [3.63, 3.8) is 0 Å². The number of ether oxygens (including phenoxy) is 1. The predicted molar refractivity (Wildman–Crippen MR) is 112 cm³/mol. The summed E-state index contributed by atoms with van der Waals surface area (Å²) in [7, 11) is 0. The molecular formula is C22H23F5N6O. The van der Waals surface area contributed by atoms with Gasteiger partial charge in [0.2, 0.25) is 0 Å². The number of fused-ring (bicyclic) bond motifs is 3. The molecule has 1 aliphatic carbocycles. The van der Waals surface area contributed by atoms with E-state index in [9.17, 15) is 22.0 Å². The van der Waals surface area contributed by atoms with Gasteiger partial charge in [-0.05, 0) is 49.7 Å². The monoisotopic (exact) mass is 482 g/mol. The fraction of sp³-hybridized carbons (Fsp3) is 0.545. The highest BCUT2D eigenvalue weighted by molar-refractivity contribution is 5.54. The zero-order valence-electron chi connectivity index (χ0n) is 18.3. The van der Waals surface area contributed by atoms with Gasteiger partial charge < -0.3 is 9.64 Å². The molecular weight excluding hydrogens is 459 g/mol. The Morgan fingerprint density at radius 2 is 1.85 bits per heavy atom. The number of pyridine rings is 1. The Labute approximate surface area is 192 Å². The molecule has 1 saturated heterocycles. The molecule has 3 atom stereocenters. The van der Waals surface area contributed by atoms with Gasteiger partial charge in [-0.25, -0.2) is 28.2 Å². The maximum Gasteiger partial charge on any atom is 0.433 e. The van der Waals surface area contributed by atoms with Crippen LogP contribution < -0.4 is 9.64 Å². The number of nitrogens with zero attached hydrogens (tertiary/aromatic N) is 6. The SMILES string of the molecule is Cc1cc(N2C[C@H]3CC[C@@H](C2)C3Cc2nc3c(OCC(F)F)ccc(C(F)(F)F)n3n2)ncn1.